The summed E-state index contributed by atoms with van der Waals surface area (Å²) in [5, 5.41) is 2.89. The molecule has 0 bridgehead atoms. The first-order valence-electron chi connectivity index (χ1n) is 31.0. The van der Waals surface area contributed by atoms with E-state index in [4.69, 9.17) is 33.2 Å². The first kappa shape index (κ1) is 70.5. The second-order valence-electron chi connectivity index (χ2n) is 21.0. The van der Waals surface area contributed by atoms with Crippen LogP contribution in [0, 0.1) is 11.8 Å². The predicted octanol–water partition coefficient (Wildman–Crippen LogP) is 14.6. The Kier molecular flexibility index (Phi) is 48.5. The number of ether oxygens (including phenoxy) is 7. The number of likely N-dealkylation sites (tertiary alicyclic amines) is 1. The average molecular weight is 1080 g/mol. The molecule has 1 fully saturated rings. The van der Waals surface area contributed by atoms with E-state index in [1.54, 1.807) is 0 Å². The van der Waals surface area contributed by atoms with Crippen molar-refractivity contribution in [2.75, 3.05) is 65.8 Å². The molecule has 14 nitrogen and oxygen atoms in total. The fraction of sp³-hybridized carbons (Fsp3) is 0.855. The van der Waals surface area contributed by atoms with Gasteiger partial charge in [0.25, 0.3) is 0 Å². The topological polar surface area (TPSA) is 165 Å². The molecule has 1 rings (SSSR count). The first-order valence-corrected chi connectivity index (χ1v) is 31.0. The minimum absolute atomic E-state index is 0.0229. The van der Waals surface area contributed by atoms with Crippen LogP contribution < -0.4 is 5.32 Å². The summed E-state index contributed by atoms with van der Waals surface area (Å²) in [6.45, 7) is 15.3. The van der Waals surface area contributed by atoms with Crippen LogP contribution in [0.3, 0.4) is 0 Å². The SMILES string of the molecule is CC/C=C\CCCCOC(CCC(=O)OCC(COC(=O)CCCCCCOC(=O)C(CCCC)CCCCCC)COC(=O)CCC(CCCCCCCC)OC(=O)NCCN1CCCC1)OCCCC/C=C\CC. The van der Waals surface area contributed by atoms with Crippen LogP contribution in [0.25, 0.3) is 0 Å². The number of nitrogens with zero attached hydrogens (tertiary/aromatic N) is 1. The molecule has 0 aromatic rings. The molecular weight excluding hydrogens is 965 g/mol. The van der Waals surface area contributed by atoms with Gasteiger partial charge in [0.2, 0.25) is 0 Å². The van der Waals surface area contributed by atoms with Gasteiger partial charge in [-0.25, -0.2) is 4.79 Å². The minimum Gasteiger partial charge on any atom is -0.465 e. The van der Waals surface area contributed by atoms with Crippen LogP contribution in [-0.4, -0.2) is 113 Å². The van der Waals surface area contributed by atoms with E-state index in [2.05, 4.69) is 69.1 Å². The number of rotatable bonds is 53. The quantitative estimate of drug-likeness (QED) is 0.0201. The molecule has 1 aliphatic rings. The highest BCUT2D eigenvalue weighted by Crippen LogP contribution is 2.21. The lowest BCUT2D eigenvalue weighted by molar-refractivity contribution is -0.162. The highest BCUT2D eigenvalue weighted by Gasteiger charge is 2.23. The number of carbonyl (C=O) groups is 5. The molecule has 1 heterocycles. The molecule has 442 valence electrons. The number of carbonyl (C=O) groups excluding carboxylic acids is 5. The molecule has 0 spiro atoms. The van der Waals surface area contributed by atoms with Gasteiger partial charge in [-0.1, -0.05) is 142 Å². The molecule has 76 heavy (non-hydrogen) atoms. The monoisotopic (exact) mass is 1080 g/mol. The van der Waals surface area contributed by atoms with Crippen molar-refractivity contribution in [3.05, 3.63) is 24.3 Å². The van der Waals surface area contributed by atoms with Gasteiger partial charge in [-0.05, 0) is 122 Å². The van der Waals surface area contributed by atoms with E-state index in [0.29, 0.717) is 52.0 Å². The van der Waals surface area contributed by atoms with Crippen molar-refractivity contribution in [3.8, 4) is 0 Å². The third-order valence-corrected chi connectivity index (χ3v) is 13.9. The number of allylic oxidation sites excluding steroid dienone is 4. The van der Waals surface area contributed by atoms with E-state index in [-0.39, 0.29) is 56.9 Å². The van der Waals surface area contributed by atoms with Gasteiger partial charge >= 0.3 is 30.0 Å². The van der Waals surface area contributed by atoms with Gasteiger partial charge in [0, 0.05) is 45.6 Å². The van der Waals surface area contributed by atoms with Crippen molar-refractivity contribution in [2.24, 2.45) is 11.8 Å². The van der Waals surface area contributed by atoms with Crippen molar-refractivity contribution in [1.29, 1.82) is 0 Å². The summed E-state index contributed by atoms with van der Waals surface area (Å²) in [4.78, 5) is 67.5. The number of unbranched alkanes of at least 4 members (excludes halogenated alkanes) is 16. The number of hydrogen-bond donors (Lipinski definition) is 1. The molecule has 0 aromatic heterocycles. The second-order valence-corrected chi connectivity index (χ2v) is 21.0. The number of esters is 4. The predicted molar refractivity (Wildman–Crippen MR) is 305 cm³/mol. The van der Waals surface area contributed by atoms with Gasteiger partial charge in [-0.3, -0.25) is 19.2 Å². The summed E-state index contributed by atoms with van der Waals surface area (Å²) in [6, 6.07) is 0. The first-order chi connectivity index (χ1) is 37.1. The maximum Gasteiger partial charge on any atom is 0.407 e. The molecule has 1 amide bonds. The third kappa shape index (κ3) is 43.5. The maximum atomic E-state index is 13.3. The van der Waals surface area contributed by atoms with Gasteiger partial charge in [0.05, 0.1) is 24.9 Å². The second kappa shape index (κ2) is 52.2. The lowest BCUT2D eigenvalue weighted by Crippen LogP contribution is -2.35. The molecule has 3 unspecified atom stereocenters. The maximum absolute atomic E-state index is 13.3. The van der Waals surface area contributed by atoms with Crippen LogP contribution in [0.15, 0.2) is 24.3 Å². The molecular formula is C62H112N2O12. The fourth-order valence-electron chi connectivity index (χ4n) is 9.04. The molecule has 0 aliphatic carbocycles. The molecule has 1 aliphatic heterocycles. The van der Waals surface area contributed by atoms with E-state index in [0.717, 1.165) is 148 Å². The summed E-state index contributed by atoms with van der Waals surface area (Å²) < 4.78 is 40.9. The van der Waals surface area contributed by atoms with Crippen LogP contribution in [0.5, 0.6) is 0 Å². The molecule has 14 heteroatoms. The minimum atomic E-state index is -0.595. The van der Waals surface area contributed by atoms with Crippen molar-refractivity contribution < 1.29 is 57.1 Å². The summed E-state index contributed by atoms with van der Waals surface area (Å²) >= 11 is 0. The van der Waals surface area contributed by atoms with Crippen molar-refractivity contribution >= 4 is 30.0 Å². The number of nitrogens with one attached hydrogen (secondary N) is 1. The van der Waals surface area contributed by atoms with Crippen molar-refractivity contribution in [3.63, 3.8) is 0 Å². The van der Waals surface area contributed by atoms with Gasteiger partial charge in [-0.2, -0.15) is 0 Å². The standard InChI is InChI=1S/C62H112N2O12/c1-6-11-16-20-23-29-38-56(76-62(69)63-44-47-64-45-31-32-46-64)40-41-58(66)74-52-54(51-73-57(65)39-30-24-27-35-50-72-61(68)55(36-15-10-5)37-28-19-14-9-4)53-75-59(67)42-43-60(70-48-33-25-21-17-12-7-2)71-49-34-26-22-18-13-8-3/h12-13,17-18,54-56,60H,6-11,14-16,19-53H2,1-5H3,(H,63,69)/b17-12-,18-13-. The van der Waals surface area contributed by atoms with E-state index in [1.807, 2.05) is 0 Å². The molecule has 1 saturated heterocycles. The fourth-order valence-corrected chi connectivity index (χ4v) is 9.04. The Hall–Kier alpha value is -3.49. The zero-order chi connectivity index (χ0) is 55.4. The van der Waals surface area contributed by atoms with Crippen LogP contribution in [0.2, 0.25) is 0 Å². The third-order valence-electron chi connectivity index (χ3n) is 13.9. The molecule has 0 aromatic carbocycles. The van der Waals surface area contributed by atoms with Gasteiger partial charge in [0.1, 0.15) is 25.9 Å². The largest absolute Gasteiger partial charge is 0.465 e. The van der Waals surface area contributed by atoms with E-state index in [1.165, 1.54) is 44.9 Å². The van der Waals surface area contributed by atoms with Crippen LogP contribution in [0.4, 0.5) is 4.79 Å². The zero-order valence-corrected chi connectivity index (χ0v) is 49.1. The van der Waals surface area contributed by atoms with Gasteiger partial charge in [-0.15, -0.1) is 0 Å². The zero-order valence-electron chi connectivity index (χ0n) is 49.1. The van der Waals surface area contributed by atoms with Crippen LogP contribution in [0.1, 0.15) is 253 Å². The summed E-state index contributed by atoms with van der Waals surface area (Å²) in [5.74, 6) is -2.00. The lowest BCUT2D eigenvalue weighted by atomic mass is 9.95. The molecule has 1 N–H and O–H groups in total. The highest BCUT2D eigenvalue weighted by molar-refractivity contribution is 5.72. The van der Waals surface area contributed by atoms with Gasteiger partial charge in [0.15, 0.2) is 6.29 Å². The Balaban J connectivity index is 2.84. The summed E-state index contributed by atoms with van der Waals surface area (Å²) in [5.41, 5.74) is 0. The Morgan fingerprint density at radius 3 is 1.59 bits per heavy atom. The Labute approximate surface area is 463 Å². The molecule has 0 radical (unpaired) electrons. The number of alkyl carbamates (subject to hydrolysis) is 1. The number of hydrogen-bond acceptors (Lipinski definition) is 13. The Morgan fingerprint density at radius 1 is 0.487 bits per heavy atom. The van der Waals surface area contributed by atoms with Crippen LogP contribution in [-0.2, 0) is 52.3 Å². The number of amides is 1. The van der Waals surface area contributed by atoms with E-state index in [9.17, 15) is 24.0 Å². The highest BCUT2D eigenvalue weighted by atomic mass is 16.7. The smallest absolute Gasteiger partial charge is 0.407 e. The molecule has 0 saturated carbocycles. The van der Waals surface area contributed by atoms with Crippen LogP contribution >= 0.6 is 0 Å². The van der Waals surface area contributed by atoms with Gasteiger partial charge < -0.3 is 43.4 Å². The van der Waals surface area contributed by atoms with E-state index < -0.39 is 36.3 Å². The molecule has 3 atom stereocenters. The summed E-state index contributed by atoms with van der Waals surface area (Å²) in [6.07, 6.45) is 37.1. The van der Waals surface area contributed by atoms with Crippen molar-refractivity contribution in [2.45, 2.75) is 265 Å². The normalized spacial score (nSPS) is 14.1. The Bertz CT molecular complexity index is 1450. The Morgan fingerprint density at radius 2 is 0.987 bits per heavy atom. The average Bonchev–Trinajstić information content (AvgIpc) is 3.94. The van der Waals surface area contributed by atoms with E-state index >= 15 is 0 Å². The van der Waals surface area contributed by atoms with Crippen molar-refractivity contribution in [1.82, 2.24) is 10.2 Å². The summed E-state index contributed by atoms with van der Waals surface area (Å²) in [7, 11) is 0. The lowest BCUT2D eigenvalue weighted by Gasteiger charge is -2.20.